The monoisotopic (exact) mass is 619 g/mol. The molecule has 8 heteroatoms. The predicted octanol–water partition coefficient (Wildman–Crippen LogP) is 5.76. The van der Waals surface area contributed by atoms with Crippen LogP contribution in [0, 0.1) is 51.8 Å². The summed E-state index contributed by atoms with van der Waals surface area (Å²) in [6.07, 6.45) is 10.7. The molecule has 2 N–H and O–H groups in total. The number of carbonyl (C=O) groups is 3. The predicted molar refractivity (Wildman–Crippen MR) is 172 cm³/mol. The fraction of sp³-hybridized carbons (Fsp3) is 0.730. The minimum atomic E-state index is -1.21. The molecule has 5 aliphatic rings. The van der Waals surface area contributed by atoms with Gasteiger partial charge in [0.2, 0.25) is 0 Å². The van der Waals surface area contributed by atoms with Crippen molar-refractivity contribution >= 4 is 18.2 Å². The standard InChI is InChI=1S/C37H53N3O5/c1-7-8-10-24-15-32(45-31(24)20-40(6)19-26-11-9-12-30(39-26)33(42)38-5)36-18-27-23(4)13-14-28(27)35(21-41)17-25(36)16-29(22(2)3)37(35,36)34(43)44/h9,11-12,16,21-25,27-28,31-32H,7-8,10,13-15,17-20H2,1-6H3,(H,38,42)(H,43,44)/t23-,24?,25?,27-,28-,31?,32?,35?,36?,37?/m1/s1. The van der Waals surface area contributed by atoms with E-state index in [4.69, 9.17) is 4.74 Å². The van der Waals surface area contributed by atoms with Gasteiger partial charge in [-0.25, -0.2) is 4.98 Å². The Morgan fingerprint density at radius 1 is 1.24 bits per heavy atom. The van der Waals surface area contributed by atoms with Crippen LogP contribution in [0.25, 0.3) is 0 Å². The fourth-order valence-electron chi connectivity index (χ4n) is 11.4. The second-order valence-electron chi connectivity index (χ2n) is 15.5. The number of nitrogens with one attached hydrogen (secondary N) is 1. The van der Waals surface area contributed by atoms with E-state index in [9.17, 15) is 19.5 Å². The summed E-state index contributed by atoms with van der Waals surface area (Å²) in [5.41, 5.74) is -0.486. The van der Waals surface area contributed by atoms with Crippen molar-refractivity contribution in [3.63, 3.8) is 0 Å². The summed E-state index contributed by atoms with van der Waals surface area (Å²) < 4.78 is 7.24. The van der Waals surface area contributed by atoms with Crippen LogP contribution in [0.1, 0.15) is 95.2 Å². The van der Waals surface area contributed by atoms with Crippen LogP contribution in [0.2, 0.25) is 0 Å². The number of hydrogen-bond donors (Lipinski definition) is 2. The first-order chi connectivity index (χ1) is 21.5. The molecule has 246 valence electrons. The Bertz CT molecular complexity index is 1360. The van der Waals surface area contributed by atoms with E-state index in [1.807, 2.05) is 12.1 Å². The lowest BCUT2D eigenvalue weighted by atomic mass is 9.41. The van der Waals surface area contributed by atoms with Crippen LogP contribution >= 0.6 is 0 Å². The molecular weight excluding hydrogens is 566 g/mol. The molecule has 1 aromatic heterocycles. The topological polar surface area (TPSA) is 109 Å². The summed E-state index contributed by atoms with van der Waals surface area (Å²) in [6.45, 7) is 10.0. The average molecular weight is 620 g/mol. The van der Waals surface area contributed by atoms with Gasteiger partial charge >= 0.3 is 5.97 Å². The van der Waals surface area contributed by atoms with Gasteiger partial charge in [-0.05, 0) is 86.8 Å². The van der Waals surface area contributed by atoms with Crippen molar-refractivity contribution in [1.82, 2.24) is 15.2 Å². The molecule has 4 fully saturated rings. The van der Waals surface area contributed by atoms with Crippen molar-refractivity contribution in [3.05, 3.63) is 41.2 Å². The number of aliphatic carboxylic acids is 1. The first-order valence-corrected chi connectivity index (χ1v) is 17.4. The Kier molecular flexibility index (Phi) is 8.56. The third-order valence-electron chi connectivity index (χ3n) is 13.1. The molecule has 45 heavy (non-hydrogen) atoms. The van der Waals surface area contributed by atoms with Crippen LogP contribution in [-0.4, -0.2) is 66.0 Å². The third-order valence-corrected chi connectivity index (χ3v) is 13.1. The molecule has 1 aromatic rings. The van der Waals surface area contributed by atoms with Crippen molar-refractivity contribution in [2.75, 3.05) is 20.6 Å². The van der Waals surface area contributed by atoms with Gasteiger partial charge in [0.1, 0.15) is 17.4 Å². The molecule has 8 nitrogen and oxygen atoms in total. The smallest absolute Gasteiger partial charge is 0.315 e. The van der Waals surface area contributed by atoms with Crippen molar-refractivity contribution in [1.29, 1.82) is 0 Å². The second kappa shape index (κ2) is 11.9. The van der Waals surface area contributed by atoms with Crippen LogP contribution in [0.4, 0.5) is 0 Å². The highest BCUT2D eigenvalue weighted by molar-refractivity contribution is 5.92. The molecule has 2 heterocycles. The normalized spacial score (nSPS) is 39.7. The molecule has 0 radical (unpaired) electrons. The van der Waals surface area contributed by atoms with E-state index in [-0.39, 0.29) is 35.9 Å². The van der Waals surface area contributed by atoms with E-state index in [1.54, 1.807) is 13.1 Å². The third kappa shape index (κ3) is 4.51. The van der Waals surface area contributed by atoms with E-state index in [0.29, 0.717) is 43.0 Å². The molecule has 6 rings (SSSR count). The van der Waals surface area contributed by atoms with Gasteiger partial charge in [0.05, 0.1) is 23.3 Å². The molecule has 10 atom stereocenters. The Balaban J connectivity index is 1.35. The SMILES string of the molecule is CCCCC1CC(C23C[C@@H]4[C@H](C)CC[C@H]4C4(C=O)CC2C=C(C(C)C)C34C(=O)O)OC1CN(C)Cc1cccc(C(=O)NC)n1. The van der Waals surface area contributed by atoms with Crippen molar-refractivity contribution < 1.29 is 24.2 Å². The minimum absolute atomic E-state index is 0.0407. The summed E-state index contributed by atoms with van der Waals surface area (Å²) in [5.74, 6) is 0.364. The zero-order chi connectivity index (χ0) is 32.3. The van der Waals surface area contributed by atoms with Crippen LogP contribution in [0.5, 0.6) is 0 Å². The number of carbonyl (C=O) groups excluding carboxylic acids is 2. The molecule has 0 aromatic carbocycles. The van der Waals surface area contributed by atoms with Crippen LogP contribution in [0.3, 0.4) is 0 Å². The molecule has 3 saturated carbocycles. The number of fused-ring (bicyclic) bond motifs is 2. The zero-order valence-corrected chi connectivity index (χ0v) is 28.1. The van der Waals surface area contributed by atoms with E-state index in [1.165, 1.54) is 0 Å². The number of carboxylic acid groups (broad SMARTS) is 1. The number of carboxylic acids is 1. The van der Waals surface area contributed by atoms with Gasteiger partial charge in [-0.1, -0.05) is 64.7 Å². The number of pyridine rings is 1. The first kappa shape index (κ1) is 32.4. The highest BCUT2D eigenvalue weighted by Gasteiger charge is 2.86. The molecule has 1 aliphatic heterocycles. The maximum Gasteiger partial charge on any atom is 0.315 e. The first-order valence-electron chi connectivity index (χ1n) is 17.4. The summed E-state index contributed by atoms with van der Waals surface area (Å²) in [4.78, 5) is 46.5. The lowest BCUT2D eigenvalue weighted by molar-refractivity contribution is -0.197. The number of allylic oxidation sites excluding steroid dienone is 1. The molecule has 1 amide bonds. The largest absolute Gasteiger partial charge is 0.481 e. The molecule has 4 aliphatic carbocycles. The van der Waals surface area contributed by atoms with Gasteiger partial charge in [0, 0.05) is 25.6 Å². The molecular formula is C37H53N3O5. The van der Waals surface area contributed by atoms with Crippen molar-refractivity contribution in [2.45, 2.75) is 97.8 Å². The maximum atomic E-state index is 14.0. The van der Waals surface area contributed by atoms with Gasteiger partial charge in [0.15, 0.2) is 0 Å². The zero-order valence-electron chi connectivity index (χ0n) is 28.1. The Labute approximate surface area is 268 Å². The quantitative estimate of drug-likeness (QED) is 0.226. The molecule has 0 spiro atoms. The number of likely N-dealkylation sites (N-methyl/N-ethyl adjacent to an activating group) is 1. The minimum Gasteiger partial charge on any atom is -0.481 e. The van der Waals surface area contributed by atoms with E-state index in [0.717, 1.165) is 62.5 Å². The van der Waals surface area contributed by atoms with Gasteiger partial charge in [-0.15, -0.1) is 0 Å². The lowest BCUT2D eigenvalue weighted by Gasteiger charge is -2.60. The highest BCUT2D eigenvalue weighted by atomic mass is 16.5. The number of amides is 1. The van der Waals surface area contributed by atoms with Crippen LogP contribution in [-0.2, 0) is 20.9 Å². The Morgan fingerprint density at radius 2 is 2.02 bits per heavy atom. The van der Waals surface area contributed by atoms with Gasteiger partial charge in [0.25, 0.3) is 5.91 Å². The van der Waals surface area contributed by atoms with Crippen molar-refractivity contribution in [2.24, 2.45) is 51.8 Å². The number of rotatable bonds is 12. The number of unbranched alkanes of at least 4 members (excludes halogenated alkanes) is 1. The number of aldehydes is 1. The van der Waals surface area contributed by atoms with E-state index >= 15 is 0 Å². The summed E-state index contributed by atoms with van der Waals surface area (Å²) in [7, 11) is 3.68. The Morgan fingerprint density at radius 3 is 2.69 bits per heavy atom. The van der Waals surface area contributed by atoms with Crippen LogP contribution in [0.15, 0.2) is 29.8 Å². The number of hydrogen-bond acceptors (Lipinski definition) is 6. The average Bonchev–Trinajstić information content (AvgIpc) is 3.72. The number of aromatic nitrogens is 1. The van der Waals surface area contributed by atoms with Gasteiger partial charge < -0.3 is 20.0 Å². The highest BCUT2D eigenvalue weighted by Crippen LogP contribution is 2.84. The summed E-state index contributed by atoms with van der Waals surface area (Å²) in [5, 5.41) is 14.1. The summed E-state index contributed by atoms with van der Waals surface area (Å²) >= 11 is 0. The maximum absolute atomic E-state index is 14.0. The Hall–Kier alpha value is -2.58. The molecule has 7 unspecified atom stereocenters. The number of nitrogens with zero attached hydrogens (tertiary/aromatic N) is 2. The van der Waals surface area contributed by atoms with E-state index in [2.05, 4.69) is 56.0 Å². The number of ether oxygens (including phenoxy) is 1. The van der Waals surface area contributed by atoms with Gasteiger partial charge in [-0.3, -0.25) is 14.5 Å². The van der Waals surface area contributed by atoms with Gasteiger partial charge in [-0.2, -0.15) is 0 Å². The molecule has 1 saturated heterocycles. The summed E-state index contributed by atoms with van der Waals surface area (Å²) in [6, 6.07) is 5.53. The molecule has 4 bridgehead atoms. The fourth-order valence-corrected chi connectivity index (χ4v) is 11.4. The van der Waals surface area contributed by atoms with E-state index < -0.39 is 22.2 Å². The van der Waals surface area contributed by atoms with Crippen molar-refractivity contribution in [3.8, 4) is 0 Å². The lowest BCUT2D eigenvalue weighted by Crippen LogP contribution is -2.65. The second-order valence-corrected chi connectivity index (χ2v) is 15.5. The van der Waals surface area contributed by atoms with Crippen LogP contribution < -0.4 is 5.32 Å².